The summed E-state index contributed by atoms with van der Waals surface area (Å²) in [5.74, 6) is -2.55. The highest BCUT2D eigenvalue weighted by atomic mass is 32.1. The molecule has 0 aliphatic carbocycles. The number of carbonyl (C=O) groups is 2. The number of thiazole rings is 1. The Morgan fingerprint density at radius 1 is 1.41 bits per heavy atom. The number of alkyl halides is 3. The van der Waals surface area contributed by atoms with E-state index in [4.69, 9.17) is 0 Å². The highest BCUT2D eigenvalue weighted by molar-refractivity contribution is 7.09. The minimum absolute atomic E-state index is 0.0614. The lowest BCUT2D eigenvalue weighted by Crippen LogP contribution is -2.53. The minimum Gasteiger partial charge on any atom is -0.343 e. The molecule has 1 aromatic heterocycles. The molecular weight excluding hydrogens is 319 g/mol. The molecule has 0 aromatic carbocycles. The first-order chi connectivity index (χ1) is 10.1. The predicted octanol–water partition coefficient (Wildman–Crippen LogP) is 2.05. The van der Waals surface area contributed by atoms with Gasteiger partial charge in [-0.2, -0.15) is 13.2 Å². The van der Waals surface area contributed by atoms with Crippen molar-refractivity contribution in [2.75, 3.05) is 6.54 Å². The highest BCUT2D eigenvalue weighted by Crippen LogP contribution is 2.27. The number of amides is 2. The van der Waals surface area contributed by atoms with Crippen LogP contribution in [0.3, 0.4) is 0 Å². The van der Waals surface area contributed by atoms with Gasteiger partial charge in [0.25, 0.3) is 0 Å². The Labute approximate surface area is 129 Å². The minimum atomic E-state index is -4.96. The molecular formula is C13H16F3N3O2S. The SMILES string of the molecule is CC(C)(NC(=O)C1CCCN1C(=O)C(F)(F)F)c1nccs1. The Bertz CT molecular complexity index is 557. The lowest BCUT2D eigenvalue weighted by atomic mass is 10.1. The summed E-state index contributed by atoms with van der Waals surface area (Å²) < 4.78 is 37.7. The van der Waals surface area contributed by atoms with E-state index in [0.717, 1.165) is 0 Å². The summed E-state index contributed by atoms with van der Waals surface area (Å²) in [5, 5.41) is 5.08. The monoisotopic (exact) mass is 335 g/mol. The molecule has 0 saturated carbocycles. The Morgan fingerprint density at radius 3 is 2.64 bits per heavy atom. The van der Waals surface area contributed by atoms with Crippen molar-refractivity contribution in [1.82, 2.24) is 15.2 Å². The van der Waals surface area contributed by atoms with Gasteiger partial charge < -0.3 is 10.2 Å². The van der Waals surface area contributed by atoms with Crippen molar-refractivity contribution >= 4 is 23.2 Å². The van der Waals surface area contributed by atoms with E-state index in [9.17, 15) is 22.8 Å². The summed E-state index contributed by atoms with van der Waals surface area (Å²) in [4.78, 5) is 28.4. The molecule has 122 valence electrons. The Kier molecular flexibility index (Phi) is 4.46. The van der Waals surface area contributed by atoms with Crippen molar-refractivity contribution in [1.29, 1.82) is 0 Å². The first-order valence-corrected chi connectivity index (χ1v) is 7.60. The number of hydrogen-bond donors (Lipinski definition) is 1. The van der Waals surface area contributed by atoms with Crippen LogP contribution in [0, 0.1) is 0 Å². The molecule has 1 aliphatic rings. The van der Waals surface area contributed by atoms with E-state index in [1.807, 2.05) is 0 Å². The third-order valence-electron chi connectivity index (χ3n) is 3.46. The quantitative estimate of drug-likeness (QED) is 0.920. The second-order valence-corrected chi connectivity index (χ2v) is 6.50. The van der Waals surface area contributed by atoms with Gasteiger partial charge in [-0.3, -0.25) is 9.59 Å². The van der Waals surface area contributed by atoms with Gasteiger partial charge in [0.2, 0.25) is 5.91 Å². The zero-order valence-electron chi connectivity index (χ0n) is 12.1. The van der Waals surface area contributed by atoms with Gasteiger partial charge in [-0.25, -0.2) is 4.98 Å². The van der Waals surface area contributed by atoms with Crippen LogP contribution in [0.25, 0.3) is 0 Å². The number of aromatic nitrogens is 1. The van der Waals surface area contributed by atoms with Crippen LogP contribution in [0.15, 0.2) is 11.6 Å². The van der Waals surface area contributed by atoms with Crippen LogP contribution in [-0.2, 0) is 15.1 Å². The second kappa shape index (κ2) is 5.86. The maximum Gasteiger partial charge on any atom is 0.471 e. The highest BCUT2D eigenvalue weighted by Gasteiger charge is 2.48. The average molecular weight is 335 g/mol. The first kappa shape index (κ1) is 16.7. The van der Waals surface area contributed by atoms with Crippen LogP contribution in [0.5, 0.6) is 0 Å². The van der Waals surface area contributed by atoms with Gasteiger partial charge in [0.1, 0.15) is 11.0 Å². The molecule has 1 atom stereocenters. The van der Waals surface area contributed by atoms with Crippen LogP contribution in [0.2, 0.25) is 0 Å². The maximum atomic E-state index is 12.6. The van der Waals surface area contributed by atoms with Crippen LogP contribution >= 0.6 is 11.3 Å². The Hall–Kier alpha value is -1.64. The van der Waals surface area contributed by atoms with E-state index < -0.39 is 29.6 Å². The van der Waals surface area contributed by atoms with Crippen molar-refractivity contribution < 1.29 is 22.8 Å². The molecule has 0 spiro atoms. The Morgan fingerprint density at radius 2 is 2.09 bits per heavy atom. The molecule has 1 aliphatic heterocycles. The summed E-state index contributed by atoms with van der Waals surface area (Å²) in [5.41, 5.74) is -0.805. The van der Waals surface area contributed by atoms with Crippen LogP contribution in [-0.4, -0.2) is 40.5 Å². The van der Waals surface area contributed by atoms with E-state index in [0.29, 0.717) is 16.3 Å². The number of likely N-dealkylation sites (tertiary alicyclic amines) is 1. The summed E-state index contributed by atoms with van der Waals surface area (Å²) >= 11 is 1.34. The third kappa shape index (κ3) is 3.40. The third-order valence-corrected chi connectivity index (χ3v) is 4.56. The molecule has 1 unspecified atom stereocenters. The molecule has 5 nitrogen and oxygen atoms in total. The van der Waals surface area contributed by atoms with E-state index in [2.05, 4.69) is 10.3 Å². The van der Waals surface area contributed by atoms with Gasteiger partial charge in [-0.15, -0.1) is 11.3 Å². The molecule has 2 rings (SSSR count). The fraction of sp³-hybridized carbons (Fsp3) is 0.615. The first-order valence-electron chi connectivity index (χ1n) is 6.73. The van der Waals surface area contributed by atoms with Gasteiger partial charge >= 0.3 is 12.1 Å². The van der Waals surface area contributed by atoms with Crippen LogP contribution in [0.1, 0.15) is 31.7 Å². The van der Waals surface area contributed by atoms with Gasteiger partial charge in [0.15, 0.2) is 0 Å². The van der Waals surface area contributed by atoms with Gasteiger partial charge in [0, 0.05) is 18.1 Å². The van der Waals surface area contributed by atoms with Crippen molar-refractivity contribution in [3.8, 4) is 0 Å². The van der Waals surface area contributed by atoms with Crippen LogP contribution < -0.4 is 5.32 Å². The molecule has 1 fully saturated rings. The number of rotatable bonds is 3. The topological polar surface area (TPSA) is 62.3 Å². The molecule has 0 radical (unpaired) electrons. The van der Waals surface area contributed by atoms with Gasteiger partial charge in [0.05, 0.1) is 5.54 Å². The maximum absolute atomic E-state index is 12.6. The zero-order valence-corrected chi connectivity index (χ0v) is 12.9. The lowest BCUT2D eigenvalue weighted by Gasteiger charge is -2.29. The Balaban J connectivity index is 2.10. The number of hydrogen-bond acceptors (Lipinski definition) is 4. The van der Waals surface area contributed by atoms with Crippen molar-refractivity contribution in [2.24, 2.45) is 0 Å². The smallest absolute Gasteiger partial charge is 0.343 e. The van der Waals surface area contributed by atoms with E-state index in [1.165, 1.54) is 11.3 Å². The summed E-state index contributed by atoms with van der Waals surface area (Å²) in [6, 6.07) is -1.09. The van der Waals surface area contributed by atoms with Crippen molar-refractivity contribution in [3.05, 3.63) is 16.6 Å². The fourth-order valence-corrected chi connectivity index (χ4v) is 3.14. The number of halogens is 3. The van der Waals surface area contributed by atoms with Crippen LogP contribution in [0.4, 0.5) is 13.2 Å². The number of carbonyl (C=O) groups excluding carboxylic acids is 2. The fourth-order valence-electron chi connectivity index (χ4n) is 2.42. The molecule has 2 heterocycles. The zero-order chi connectivity index (χ0) is 16.5. The largest absolute Gasteiger partial charge is 0.471 e. The molecule has 0 bridgehead atoms. The molecule has 22 heavy (non-hydrogen) atoms. The standard InChI is InChI=1S/C13H16F3N3O2S/c1-12(2,10-17-5-7-22-10)18-9(20)8-4-3-6-19(8)11(21)13(14,15)16/h5,7-8H,3-4,6H2,1-2H3,(H,18,20). The van der Waals surface area contributed by atoms with E-state index in [-0.39, 0.29) is 13.0 Å². The second-order valence-electron chi connectivity index (χ2n) is 5.61. The number of nitrogens with zero attached hydrogens (tertiary/aromatic N) is 2. The number of nitrogens with one attached hydrogen (secondary N) is 1. The molecule has 2 amide bonds. The molecule has 1 N–H and O–H groups in total. The normalized spacial score (nSPS) is 19.3. The molecule has 9 heteroatoms. The molecule has 1 saturated heterocycles. The van der Waals surface area contributed by atoms with E-state index >= 15 is 0 Å². The summed E-state index contributed by atoms with van der Waals surface area (Å²) in [7, 11) is 0. The molecule has 1 aromatic rings. The summed E-state index contributed by atoms with van der Waals surface area (Å²) in [6.45, 7) is 3.37. The average Bonchev–Trinajstić information content (AvgIpc) is 3.07. The predicted molar refractivity (Wildman–Crippen MR) is 74.1 cm³/mol. The van der Waals surface area contributed by atoms with Gasteiger partial charge in [-0.05, 0) is 26.7 Å². The summed E-state index contributed by atoms with van der Waals surface area (Å²) in [6.07, 6.45) is -2.78. The van der Waals surface area contributed by atoms with Crippen molar-refractivity contribution in [2.45, 2.75) is 44.4 Å². The van der Waals surface area contributed by atoms with Gasteiger partial charge in [-0.1, -0.05) is 0 Å². The van der Waals surface area contributed by atoms with E-state index in [1.54, 1.807) is 25.4 Å². The lowest BCUT2D eigenvalue weighted by molar-refractivity contribution is -0.186. The van der Waals surface area contributed by atoms with Crippen molar-refractivity contribution in [3.63, 3.8) is 0 Å².